The fourth-order valence-corrected chi connectivity index (χ4v) is 3.49. The molecule has 0 spiro atoms. The van der Waals surface area contributed by atoms with E-state index in [0.717, 1.165) is 5.92 Å². The van der Waals surface area contributed by atoms with Gasteiger partial charge in [0.05, 0.1) is 0 Å². The summed E-state index contributed by atoms with van der Waals surface area (Å²) in [6.07, 6.45) is 4.37. The summed E-state index contributed by atoms with van der Waals surface area (Å²) in [5.74, 6) is 0.831. The SMILES string of the molecule is Cc1[c-][nH]c2ccccc12.Cc1c(C)c2[c-](c1C)C(C)C2.[Cl-].[Cl-].[Ti+4]. The molecule has 4 heteroatoms. The maximum absolute atomic E-state index is 3.06. The van der Waals surface area contributed by atoms with Gasteiger partial charge in [-0.25, -0.2) is 0 Å². The van der Waals surface area contributed by atoms with Crippen LogP contribution in [0.3, 0.4) is 0 Å². The summed E-state index contributed by atoms with van der Waals surface area (Å²) in [4.78, 5) is 3.06. The average molecular weight is 396 g/mol. The van der Waals surface area contributed by atoms with Crippen molar-refractivity contribution in [1.82, 2.24) is 4.98 Å². The summed E-state index contributed by atoms with van der Waals surface area (Å²) >= 11 is 0. The van der Waals surface area contributed by atoms with Gasteiger partial charge < -0.3 is 29.8 Å². The van der Waals surface area contributed by atoms with E-state index in [0.29, 0.717) is 0 Å². The Morgan fingerprint density at radius 1 is 1.04 bits per heavy atom. The number of rotatable bonds is 0. The minimum absolute atomic E-state index is 0. The van der Waals surface area contributed by atoms with E-state index in [2.05, 4.69) is 57.9 Å². The Bertz CT molecular complexity index is 782. The molecule has 0 aliphatic heterocycles. The van der Waals surface area contributed by atoms with Crippen molar-refractivity contribution in [3.05, 3.63) is 63.8 Å². The molecule has 1 aromatic heterocycles. The van der Waals surface area contributed by atoms with Crippen molar-refractivity contribution in [3.63, 3.8) is 0 Å². The van der Waals surface area contributed by atoms with Gasteiger partial charge in [0.25, 0.3) is 0 Å². The Hall–Kier alpha value is -0.596. The van der Waals surface area contributed by atoms with Gasteiger partial charge in [-0.2, -0.15) is 33.2 Å². The molecule has 0 amide bonds. The first-order chi connectivity index (χ1) is 10.0. The number of hydrogen-bond acceptors (Lipinski definition) is 0. The third kappa shape index (κ3) is 3.97. The van der Waals surface area contributed by atoms with Gasteiger partial charge in [-0.15, -0.1) is 29.4 Å². The molecule has 126 valence electrons. The van der Waals surface area contributed by atoms with Crippen LogP contribution in [0.1, 0.15) is 46.2 Å². The van der Waals surface area contributed by atoms with Crippen molar-refractivity contribution in [2.24, 2.45) is 0 Å². The second-order valence-corrected chi connectivity index (χ2v) is 6.29. The molecular weight excluding hydrogens is 373 g/mol. The number of nitrogens with one attached hydrogen (secondary N) is 1. The molecule has 1 unspecified atom stereocenters. The van der Waals surface area contributed by atoms with Gasteiger partial charge in [0.15, 0.2) is 0 Å². The first-order valence-electron chi connectivity index (χ1n) is 7.71. The van der Waals surface area contributed by atoms with Gasteiger partial charge >= 0.3 is 21.7 Å². The van der Waals surface area contributed by atoms with Crippen molar-refractivity contribution >= 4 is 10.9 Å². The number of para-hydroxylation sites is 1. The molecule has 0 saturated carbocycles. The molecule has 3 aromatic rings. The maximum atomic E-state index is 3.06. The van der Waals surface area contributed by atoms with Gasteiger partial charge in [-0.1, -0.05) is 59.1 Å². The third-order valence-electron chi connectivity index (χ3n) is 5.03. The summed E-state index contributed by atoms with van der Waals surface area (Å²) in [5, 5.41) is 1.27. The van der Waals surface area contributed by atoms with Crippen LogP contribution in [0.25, 0.3) is 10.9 Å². The number of hydrogen-bond donors (Lipinski definition) is 1. The zero-order valence-electron chi connectivity index (χ0n) is 14.8. The Balaban J connectivity index is 0.000000393. The first-order valence-corrected chi connectivity index (χ1v) is 7.71. The molecule has 0 fully saturated rings. The summed E-state index contributed by atoms with van der Waals surface area (Å²) in [6.45, 7) is 11.1. The predicted octanol–water partition coefficient (Wildman–Crippen LogP) is -0.728. The van der Waals surface area contributed by atoms with Crippen LogP contribution >= 0.6 is 0 Å². The van der Waals surface area contributed by atoms with E-state index in [9.17, 15) is 0 Å². The Morgan fingerprint density at radius 3 is 2.17 bits per heavy atom. The Morgan fingerprint density at radius 2 is 1.67 bits per heavy atom. The molecule has 0 saturated heterocycles. The minimum atomic E-state index is 0. The number of aromatic amines is 1. The van der Waals surface area contributed by atoms with Gasteiger partial charge in [-0.3, -0.25) is 0 Å². The van der Waals surface area contributed by atoms with E-state index in [1.54, 1.807) is 22.3 Å². The van der Waals surface area contributed by atoms with Crippen LogP contribution < -0.4 is 24.8 Å². The molecule has 1 nitrogen and oxygen atoms in total. The fourth-order valence-electron chi connectivity index (χ4n) is 3.49. The van der Waals surface area contributed by atoms with Gasteiger partial charge in [0.1, 0.15) is 0 Å². The van der Waals surface area contributed by atoms with E-state index in [1.165, 1.54) is 28.5 Å². The second kappa shape index (κ2) is 9.20. The van der Waals surface area contributed by atoms with Crippen molar-refractivity contribution < 1.29 is 46.5 Å². The zero-order valence-corrected chi connectivity index (χ0v) is 17.9. The Kier molecular flexibility index (Phi) is 8.97. The number of aryl methyl sites for hydroxylation is 1. The molecule has 0 bridgehead atoms. The molecule has 1 atom stereocenters. The molecule has 1 aliphatic carbocycles. The second-order valence-electron chi connectivity index (χ2n) is 6.29. The van der Waals surface area contributed by atoms with Crippen LogP contribution in [-0.4, -0.2) is 4.98 Å². The van der Waals surface area contributed by atoms with Crippen molar-refractivity contribution in [3.8, 4) is 0 Å². The number of halogens is 2. The molecule has 24 heavy (non-hydrogen) atoms. The molecule has 1 heterocycles. The average Bonchev–Trinajstić information content (AvgIpc) is 2.92. The summed E-state index contributed by atoms with van der Waals surface area (Å²) in [7, 11) is 0. The minimum Gasteiger partial charge on any atom is -1.00 e. The normalized spacial score (nSPS) is 14.1. The van der Waals surface area contributed by atoms with E-state index < -0.39 is 0 Å². The smallest absolute Gasteiger partial charge is 1.00 e. The summed E-state index contributed by atoms with van der Waals surface area (Å²) < 4.78 is 0. The van der Waals surface area contributed by atoms with Crippen LogP contribution in [0.2, 0.25) is 0 Å². The summed E-state index contributed by atoms with van der Waals surface area (Å²) in [6, 6.07) is 8.21. The number of H-pyrrole nitrogens is 1. The van der Waals surface area contributed by atoms with E-state index in [-0.39, 0.29) is 46.5 Å². The number of aromatic nitrogens is 1. The van der Waals surface area contributed by atoms with Crippen LogP contribution in [-0.2, 0) is 28.1 Å². The molecule has 0 radical (unpaired) electrons. The molecule has 1 aliphatic rings. The standard InChI is InChI=1S/C11H15.C9H8N.2ClH.Ti/c1-6-5-10-8(3)7(2)9(4)11(6)10;1-7-6-10-9-5-3-2-4-8(7)9;;;/h6H,5H2,1-4H3;2-5,10H,1H3;2*1H;/q2*-1;;;+4/p-2. The van der Waals surface area contributed by atoms with Crippen LogP contribution in [0, 0.1) is 33.9 Å². The van der Waals surface area contributed by atoms with E-state index in [1.807, 2.05) is 12.1 Å². The van der Waals surface area contributed by atoms with E-state index >= 15 is 0 Å². The summed E-state index contributed by atoms with van der Waals surface area (Å²) in [5.41, 5.74) is 10.3. The van der Waals surface area contributed by atoms with Crippen LogP contribution in [0.15, 0.2) is 24.3 Å². The first kappa shape index (κ1) is 23.4. The van der Waals surface area contributed by atoms with Crippen LogP contribution in [0.4, 0.5) is 0 Å². The zero-order chi connectivity index (χ0) is 15.1. The third-order valence-corrected chi connectivity index (χ3v) is 5.03. The fraction of sp³-hybridized carbons (Fsp3) is 0.350. The number of fused-ring (bicyclic) bond motifs is 2. The van der Waals surface area contributed by atoms with Crippen molar-refractivity contribution in [2.75, 3.05) is 0 Å². The van der Waals surface area contributed by atoms with Gasteiger partial charge in [0, 0.05) is 0 Å². The van der Waals surface area contributed by atoms with Crippen molar-refractivity contribution in [2.45, 2.75) is 47.0 Å². The monoisotopic (exact) mass is 395 g/mol. The van der Waals surface area contributed by atoms with Gasteiger partial charge in [0.2, 0.25) is 0 Å². The Labute approximate surface area is 172 Å². The van der Waals surface area contributed by atoms with Gasteiger partial charge in [-0.05, 0) is 0 Å². The maximum Gasteiger partial charge on any atom is 4.00 e. The molecule has 4 rings (SSSR count). The quantitative estimate of drug-likeness (QED) is 0.381. The topological polar surface area (TPSA) is 15.8 Å². The molecule has 2 aromatic carbocycles. The van der Waals surface area contributed by atoms with E-state index in [4.69, 9.17) is 0 Å². The van der Waals surface area contributed by atoms with Crippen LogP contribution in [0.5, 0.6) is 0 Å². The number of benzene rings is 1. The molecule has 1 N–H and O–H groups in total. The molecular formula is C20H23Cl2NTi. The van der Waals surface area contributed by atoms with Crippen molar-refractivity contribution in [1.29, 1.82) is 0 Å². The predicted molar refractivity (Wildman–Crippen MR) is 90.2 cm³/mol. The largest absolute Gasteiger partial charge is 4.00 e.